The number of rotatable bonds is 4. The summed E-state index contributed by atoms with van der Waals surface area (Å²) in [4.78, 5) is 10.2. The van der Waals surface area contributed by atoms with Crippen LogP contribution in [0.5, 0.6) is 0 Å². The summed E-state index contributed by atoms with van der Waals surface area (Å²) in [6.07, 6.45) is 0.873. The third kappa shape index (κ3) is 3.60. The summed E-state index contributed by atoms with van der Waals surface area (Å²) in [6.45, 7) is 1.70. The fourth-order valence-electron chi connectivity index (χ4n) is 1.23. The lowest BCUT2D eigenvalue weighted by atomic mass is 10.1. The van der Waals surface area contributed by atoms with Gasteiger partial charge in [-0.3, -0.25) is 10.1 Å². The van der Waals surface area contributed by atoms with Gasteiger partial charge >= 0.3 is 0 Å². The van der Waals surface area contributed by atoms with Gasteiger partial charge in [-0.05, 0) is 47.3 Å². The van der Waals surface area contributed by atoms with Crippen molar-refractivity contribution in [3.05, 3.63) is 38.3 Å². The maximum Gasteiger partial charge on any atom is 0.283 e. The molecule has 1 atom stereocenters. The Morgan fingerprint density at radius 1 is 1.60 bits per heavy atom. The van der Waals surface area contributed by atoms with Crippen molar-refractivity contribution in [3.63, 3.8) is 0 Å². The maximum absolute atomic E-state index is 10.6. The molecule has 0 aliphatic heterocycles. The number of benzene rings is 1. The summed E-state index contributed by atoms with van der Waals surface area (Å²) >= 11 is 3.12. The predicted octanol–water partition coefficient (Wildman–Crippen LogP) is 2.67. The number of nitro benzene ring substituents is 1. The molecule has 4 nitrogen and oxygen atoms in total. The summed E-state index contributed by atoms with van der Waals surface area (Å²) in [7, 11) is 0. The van der Waals surface area contributed by atoms with Gasteiger partial charge in [-0.15, -0.1) is 0 Å². The zero-order valence-electron chi connectivity index (χ0n) is 8.31. The van der Waals surface area contributed by atoms with Gasteiger partial charge in [0.2, 0.25) is 0 Å². The van der Waals surface area contributed by atoms with E-state index in [9.17, 15) is 10.1 Å². The highest BCUT2D eigenvalue weighted by Gasteiger charge is 2.12. The van der Waals surface area contributed by atoms with E-state index in [4.69, 9.17) is 5.11 Å². The molecule has 5 heteroatoms. The number of nitro groups is 1. The van der Waals surface area contributed by atoms with Crippen LogP contribution < -0.4 is 0 Å². The van der Waals surface area contributed by atoms with Crippen LogP contribution in [0.2, 0.25) is 0 Å². The van der Waals surface area contributed by atoms with Crippen LogP contribution in [0.25, 0.3) is 0 Å². The van der Waals surface area contributed by atoms with Crippen LogP contribution in [0.1, 0.15) is 18.9 Å². The van der Waals surface area contributed by atoms with Gasteiger partial charge in [0.25, 0.3) is 5.69 Å². The lowest BCUT2D eigenvalue weighted by molar-refractivity contribution is -0.385. The van der Waals surface area contributed by atoms with Crippen LogP contribution in [0, 0.1) is 10.1 Å². The van der Waals surface area contributed by atoms with E-state index in [2.05, 4.69) is 15.9 Å². The third-order valence-corrected chi connectivity index (χ3v) is 2.73. The molecule has 1 aromatic rings. The van der Waals surface area contributed by atoms with Crippen LogP contribution in [-0.2, 0) is 6.42 Å². The minimum atomic E-state index is -0.421. The molecule has 1 aromatic carbocycles. The summed E-state index contributed by atoms with van der Waals surface area (Å²) in [6, 6.07) is 5.02. The molecule has 0 amide bonds. The summed E-state index contributed by atoms with van der Waals surface area (Å²) in [5.74, 6) is 0. The van der Waals surface area contributed by atoms with Gasteiger partial charge in [0.1, 0.15) is 0 Å². The van der Waals surface area contributed by atoms with Gasteiger partial charge in [-0.2, -0.15) is 0 Å². The Morgan fingerprint density at radius 3 is 2.80 bits per heavy atom. The van der Waals surface area contributed by atoms with Gasteiger partial charge in [0.15, 0.2) is 0 Å². The van der Waals surface area contributed by atoms with Gasteiger partial charge in [0.05, 0.1) is 15.5 Å². The standard InChI is InChI=1S/C10H12BrNO3/c1-7(13)2-3-8-4-5-9(11)10(6-8)12(14)15/h4-7,13H,2-3H2,1H3/t7-/m1/s1. The summed E-state index contributed by atoms with van der Waals surface area (Å²) < 4.78 is 0.480. The molecular formula is C10H12BrNO3. The molecule has 0 unspecified atom stereocenters. The van der Waals surface area contributed by atoms with E-state index in [1.54, 1.807) is 13.0 Å². The fourth-order valence-corrected chi connectivity index (χ4v) is 1.62. The zero-order valence-corrected chi connectivity index (χ0v) is 9.90. The Kier molecular flexibility index (Phi) is 4.23. The van der Waals surface area contributed by atoms with E-state index in [1.807, 2.05) is 6.07 Å². The molecule has 82 valence electrons. The lowest BCUT2D eigenvalue weighted by Gasteiger charge is -2.04. The SMILES string of the molecule is C[C@@H](O)CCc1ccc(Br)c([N+](=O)[O-])c1. The molecule has 0 heterocycles. The molecule has 0 bridgehead atoms. The van der Waals surface area contributed by atoms with E-state index >= 15 is 0 Å². The van der Waals surface area contributed by atoms with Crippen LogP contribution in [-0.4, -0.2) is 16.1 Å². The van der Waals surface area contributed by atoms with Crippen molar-refractivity contribution >= 4 is 21.6 Å². The van der Waals surface area contributed by atoms with Crippen molar-refractivity contribution in [2.45, 2.75) is 25.9 Å². The first-order valence-electron chi connectivity index (χ1n) is 4.61. The lowest BCUT2D eigenvalue weighted by Crippen LogP contribution is -2.01. The third-order valence-electron chi connectivity index (χ3n) is 2.06. The van der Waals surface area contributed by atoms with Crippen molar-refractivity contribution in [1.29, 1.82) is 0 Å². The molecule has 1 N–H and O–H groups in total. The minimum absolute atomic E-state index is 0.0677. The first kappa shape index (κ1) is 12.1. The normalized spacial score (nSPS) is 12.5. The average Bonchev–Trinajstić information content (AvgIpc) is 2.16. The molecular weight excluding hydrogens is 262 g/mol. The average molecular weight is 274 g/mol. The number of aryl methyl sites for hydroxylation is 1. The van der Waals surface area contributed by atoms with Crippen LogP contribution in [0.15, 0.2) is 22.7 Å². The molecule has 0 radical (unpaired) electrons. The largest absolute Gasteiger partial charge is 0.393 e. The Balaban J connectivity index is 2.83. The summed E-state index contributed by atoms with van der Waals surface area (Å²) in [5.41, 5.74) is 0.934. The molecule has 0 aliphatic rings. The van der Waals surface area contributed by atoms with Gasteiger partial charge in [0, 0.05) is 6.07 Å². The van der Waals surface area contributed by atoms with Gasteiger partial charge < -0.3 is 5.11 Å². The number of aliphatic hydroxyl groups is 1. The van der Waals surface area contributed by atoms with E-state index in [-0.39, 0.29) is 11.8 Å². The van der Waals surface area contributed by atoms with Crippen molar-refractivity contribution in [2.75, 3.05) is 0 Å². The quantitative estimate of drug-likeness (QED) is 0.678. The van der Waals surface area contributed by atoms with Gasteiger partial charge in [-0.25, -0.2) is 0 Å². The minimum Gasteiger partial charge on any atom is -0.393 e. The van der Waals surface area contributed by atoms with E-state index < -0.39 is 4.92 Å². The van der Waals surface area contributed by atoms with Crippen molar-refractivity contribution in [3.8, 4) is 0 Å². The topological polar surface area (TPSA) is 63.4 Å². The van der Waals surface area contributed by atoms with Crippen LogP contribution in [0.3, 0.4) is 0 Å². The van der Waals surface area contributed by atoms with Crippen molar-refractivity contribution in [2.24, 2.45) is 0 Å². The number of aliphatic hydroxyl groups excluding tert-OH is 1. The van der Waals surface area contributed by atoms with E-state index in [0.717, 1.165) is 5.56 Å². The smallest absolute Gasteiger partial charge is 0.283 e. The Labute approximate surface area is 96.2 Å². The van der Waals surface area contributed by atoms with E-state index in [0.29, 0.717) is 17.3 Å². The highest BCUT2D eigenvalue weighted by Crippen LogP contribution is 2.26. The molecule has 1 rings (SSSR count). The molecule has 0 saturated heterocycles. The molecule has 0 saturated carbocycles. The first-order chi connectivity index (χ1) is 7.00. The van der Waals surface area contributed by atoms with Crippen molar-refractivity contribution in [1.82, 2.24) is 0 Å². The fraction of sp³-hybridized carbons (Fsp3) is 0.400. The van der Waals surface area contributed by atoms with Crippen LogP contribution >= 0.6 is 15.9 Å². The highest BCUT2D eigenvalue weighted by atomic mass is 79.9. The van der Waals surface area contributed by atoms with E-state index in [1.165, 1.54) is 6.07 Å². The summed E-state index contributed by atoms with van der Waals surface area (Å²) in [5, 5.41) is 19.7. The number of hydrogen-bond acceptors (Lipinski definition) is 3. The van der Waals surface area contributed by atoms with Crippen molar-refractivity contribution < 1.29 is 10.0 Å². The Bertz CT molecular complexity index is 366. The second-order valence-corrected chi connectivity index (χ2v) is 4.28. The maximum atomic E-state index is 10.6. The Morgan fingerprint density at radius 2 is 2.27 bits per heavy atom. The zero-order chi connectivity index (χ0) is 11.4. The Hall–Kier alpha value is -0.940. The molecule has 0 aliphatic carbocycles. The number of hydrogen-bond donors (Lipinski definition) is 1. The number of halogens is 1. The second kappa shape index (κ2) is 5.23. The molecule has 0 spiro atoms. The predicted molar refractivity (Wildman–Crippen MR) is 60.8 cm³/mol. The molecule has 0 aromatic heterocycles. The molecule has 15 heavy (non-hydrogen) atoms. The molecule has 0 fully saturated rings. The van der Waals surface area contributed by atoms with Gasteiger partial charge in [-0.1, -0.05) is 6.07 Å². The second-order valence-electron chi connectivity index (χ2n) is 3.43. The monoisotopic (exact) mass is 273 g/mol. The van der Waals surface area contributed by atoms with Crippen LogP contribution in [0.4, 0.5) is 5.69 Å². The number of nitrogens with zero attached hydrogens (tertiary/aromatic N) is 1. The first-order valence-corrected chi connectivity index (χ1v) is 5.41. The highest BCUT2D eigenvalue weighted by molar-refractivity contribution is 9.10.